The van der Waals surface area contributed by atoms with E-state index < -0.39 is 0 Å². The average molecular weight is 287 g/mol. The van der Waals surface area contributed by atoms with Crippen LogP contribution in [0.5, 0.6) is 0 Å². The molecule has 2 nitrogen and oxygen atoms in total. The number of aromatic nitrogens is 1. The van der Waals surface area contributed by atoms with Gasteiger partial charge in [-0.3, -0.25) is 0 Å². The van der Waals surface area contributed by atoms with Gasteiger partial charge in [0.1, 0.15) is 0 Å². The molecule has 0 radical (unpaired) electrons. The lowest BCUT2D eigenvalue weighted by Crippen LogP contribution is -2.09. The van der Waals surface area contributed by atoms with Crippen molar-refractivity contribution in [3.05, 3.63) is 57.9 Å². The van der Waals surface area contributed by atoms with E-state index in [1.54, 1.807) is 6.20 Å². The van der Waals surface area contributed by atoms with Crippen LogP contribution in [0.15, 0.2) is 30.5 Å². The monoisotopic (exact) mass is 286 g/mol. The predicted molar refractivity (Wildman–Crippen MR) is 84.5 cm³/mol. The Balaban J connectivity index is 1.84. The van der Waals surface area contributed by atoms with Crippen molar-refractivity contribution in [2.45, 2.75) is 39.2 Å². The first-order chi connectivity index (χ1) is 9.65. The maximum atomic E-state index is 6.18. The molecule has 1 aliphatic rings. The van der Waals surface area contributed by atoms with Crippen LogP contribution in [-0.2, 0) is 12.8 Å². The molecule has 20 heavy (non-hydrogen) atoms. The molecule has 0 amide bonds. The van der Waals surface area contributed by atoms with E-state index >= 15 is 0 Å². The Bertz CT molecular complexity index is 617. The van der Waals surface area contributed by atoms with E-state index in [4.69, 9.17) is 11.6 Å². The van der Waals surface area contributed by atoms with Gasteiger partial charge in [0.25, 0.3) is 0 Å². The number of halogens is 1. The summed E-state index contributed by atoms with van der Waals surface area (Å²) >= 11 is 6.18. The number of nitrogens with one attached hydrogen (secondary N) is 1. The summed E-state index contributed by atoms with van der Waals surface area (Å²) in [4.78, 5) is 4.15. The topological polar surface area (TPSA) is 24.9 Å². The lowest BCUT2D eigenvalue weighted by Gasteiger charge is -2.19. The smallest absolute Gasteiger partial charge is 0.152 e. The Kier molecular flexibility index (Phi) is 3.66. The Morgan fingerprint density at radius 2 is 2.00 bits per heavy atom. The zero-order valence-corrected chi connectivity index (χ0v) is 12.7. The molecule has 104 valence electrons. The van der Waals surface area contributed by atoms with Crippen molar-refractivity contribution in [3.8, 4) is 0 Å². The zero-order valence-electron chi connectivity index (χ0n) is 11.9. The SMILES string of the molecule is Cc1ccnc(Cl)c1NC(C)c1ccc2c(c1)CCC2. The van der Waals surface area contributed by atoms with E-state index in [2.05, 4.69) is 35.4 Å². The maximum absolute atomic E-state index is 6.18. The molecule has 1 aromatic heterocycles. The highest BCUT2D eigenvalue weighted by molar-refractivity contribution is 6.32. The fraction of sp³-hybridized carbons (Fsp3) is 0.353. The average Bonchev–Trinajstić information content (AvgIpc) is 2.90. The van der Waals surface area contributed by atoms with E-state index in [-0.39, 0.29) is 6.04 Å². The van der Waals surface area contributed by atoms with Crippen molar-refractivity contribution < 1.29 is 0 Å². The highest BCUT2D eigenvalue weighted by atomic mass is 35.5. The fourth-order valence-electron chi connectivity index (χ4n) is 2.86. The number of hydrogen-bond donors (Lipinski definition) is 1. The van der Waals surface area contributed by atoms with Gasteiger partial charge in [0.05, 0.1) is 5.69 Å². The fourth-order valence-corrected chi connectivity index (χ4v) is 3.12. The first-order valence-corrected chi connectivity index (χ1v) is 7.52. The van der Waals surface area contributed by atoms with Gasteiger partial charge in [0, 0.05) is 12.2 Å². The Morgan fingerprint density at radius 1 is 1.20 bits per heavy atom. The highest BCUT2D eigenvalue weighted by Crippen LogP contribution is 2.30. The molecule has 3 rings (SSSR count). The lowest BCUT2D eigenvalue weighted by molar-refractivity contribution is 0.875. The van der Waals surface area contributed by atoms with Crippen LogP contribution in [0.4, 0.5) is 5.69 Å². The molecule has 0 saturated heterocycles. The van der Waals surface area contributed by atoms with Crippen molar-refractivity contribution >= 4 is 17.3 Å². The molecule has 1 aromatic carbocycles. The van der Waals surface area contributed by atoms with Crippen LogP contribution in [0.25, 0.3) is 0 Å². The van der Waals surface area contributed by atoms with E-state index in [9.17, 15) is 0 Å². The molecule has 1 heterocycles. The largest absolute Gasteiger partial charge is 0.376 e. The van der Waals surface area contributed by atoms with E-state index in [0.29, 0.717) is 5.15 Å². The number of benzene rings is 1. The van der Waals surface area contributed by atoms with Gasteiger partial charge >= 0.3 is 0 Å². The maximum Gasteiger partial charge on any atom is 0.152 e. The minimum absolute atomic E-state index is 0.223. The third-order valence-corrected chi connectivity index (χ3v) is 4.38. The molecule has 1 aliphatic carbocycles. The van der Waals surface area contributed by atoms with Crippen molar-refractivity contribution in [1.29, 1.82) is 0 Å². The number of nitrogens with zero attached hydrogens (tertiary/aromatic N) is 1. The summed E-state index contributed by atoms with van der Waals surface area (Å²) in [6, 6.07) is 9.03. The van der Waals surface area contributed by atoms with Gasteiger partial charge < -0.3 is 5.32 Å². The van der Waals surface area contributed by atoms with Crippen LogP contribution in [0.3, 0.4) is 0 Å². The summed E-state index contributed by atoms with van der Waals surface area (Å²) in [7, 11) is 0. The predicted octanol–water partition coefficient (Wildman–Crippen LogP) is 4.71. The van der Waals surface area contributed by atoms with Crippen molar-refractivity contribution in [1.82, 2.24) is 4.98 Å². The standard InChI is InChI=1S/C17H19ClN2/c1-11-8-9-19-17(18)16(11)20-12(2)14-7-6-13-4-3-5-15(13)10-14/h6-10,12,20H,3-5H2,1-2H3. The van der Waals surface area contributed by atoms with Gasteiger partial charge in [-0.2, -0.15) is 0 Å². The molecule has 0 fully saturated rings. The van der Waals surface area contributed by atoms with Crippen LogP contribution in [0.2, 0.25) is 5.15 Å². The van der Waals surface area contributed by atoms with Crippen LogP contribution in [-0.4, -0.2) is 4.98 Å². The summed E-state index contributed by atoms with van der Waals surface area (Å²) in [5.41, 5.74) is 6.38. The molecular formula is C17H19ClN2. The normalized spacial score (nSPS) is 14.9. The van der Waals surface area contributed by atoms with Crippen molar-refractivity contribution in [2.24, 2.45) is 0 Å². The van der Waals surface area contributed by atoms with Gasteiger partial charge in [0.15, 0.2) is 5.15 Å². The van der Waals surface area contributed by atoms with Crippen LogP contribution < -0.4 is 5.32 Å². The van der Waals surface area contributed by atoms with Crippen LogP contribution in [0.1, 0.15) is 41.6 Å². The molecule has 1 atom stereocenters. The Labute approximate surface area is 125 Å². The third-order valence-electron chi connectivity index (χ3n) is 4.10. The number of hydrogen-bond acceptors (Lipinski definition) is 2. The minimum Gasteiger partial charge on any atom is -0.376 e. The van der Waals surface area contributed by atoms with Gasteiger partial charge in [-0.05, 0) is 61.4 Å². The zero-order chi connectivity index (χ0) is 14.1. The number of pyridine rings is 1. The molecule has 1 unspecified atom stereocenters. The van der Waals surface area contributed by atoms with Gasteiger partial charge in [-0.25, -0.2) is 4.98 Å². The summed E-state index contributed by atoms with van der Waals surface area (Å²) in [5.74, 6) is 0. The quantitative estimate of drug-likeness (QED) is 0.827. The van der Waals surface area contributed by atoms with E-state index in [1.807, 2.05) is 13.0 Å². The van der Waals surface area contributed by atoms with Gasteiger partial charge in [0.2, 0.25) is 0 Å². The molecular weight excluding hydrogens is 268 g/mol. The molecule has 2 aromatic rings. The summed E-state index contributed by atoms with van der Waals surface area (Å²) in [6.07, 6.45) is 5.46. The first kappa shape index (κ1) is 13.4. The second-order valence-corrected chi connectivity index (χ2v) is 5.90. The summed E-state index contributed by atoms with van der Waals surface area (Å²) in [5, 5.41) is 4.03. The number of anilines is 1. The molecule has 0 saturated carbocycles. The molecule has 0 spiro atoms. The lowest BCUT2D eigenvalue weighted by atomic mass is 10.0. The third kappa shape index (κ3) is 2.53. The molecule has 0 aliphatic heterocycles. The van der Waals surface area contributed by atoms with Crippen molar-refractivity contribution in [2.75, 3.05) is 5.32 Å². The Hall–Kier alpha value is -1.54. The molecule has 1 N–H and O–H groups in total. The van der Waals surface area contributed by atoms with Gasteiger partial charge in [-0.1, -0.05) is 29.8 Å². The van der Waals surface area contributed by atoms with Crippen LogP contribution in [0, 0.1) is 6.92 Å². The first-order valence-electron chi connectivity index (χ1n) is 7.14. The van der Waals surface area contributed by atoms with E-state index in [0.717, 1.165) is 11.3 Å². The van der Waals surface area contributed by atoms with E-state index in [1.165, 1.54) is 36.0 Å². The minimum atomic E-state index is 0.223. The van der Waals surface area contributed by atoms with Crippen molar-refractivity contribution in [3.63, 3.8) is 0 Å². The number of rotatable bonds is 3. The number of fused-ring (bicyclic) bond motifs is 1. The second-order valence-electron chi connectivity index (χ2n) is 5.54. The second kappa shape index (κ2) is 5.45. The number of aryl methyl sites for hydroxylation is 3. The molecule has 0 bridgehead atoms. The highest BCUT2D eigenvalue weighted by Gasteiger charge is 2.15. The summed E-state index contributed by atoms with van der Waals surface area (Å²) in [6.45, 7) is 4.21. The van der Waals surface area contributed by atoms with Gasteiger partial charge in [-0.15, -0.1) is 0 Å². The van der Waals surface area contributed by atoms with Crippen LogP contribution >= 0.6 is 11.6 Å². The summed E-state index contributed by atoms with van der Waals surface area (Å²) < 4.78 is 0. The Morgan fingerprint density at radius 3 is 2.80 bits per heavy atom. The molecule has 3 heteroatoms.